The molecule has 1 N–H and O–H groups in total. The van der Waals surface area contributed by atoms with Gasteiger partial charge in [0.15, 0.2) is 9.84 Å². The number of carboxylic acid groups (broad SMARTS) is 1. The van der Waals surface area contributed by atoms with Crippen LogP contribution < -0.4 is 0 Å². The van der Waals surface area contributed by atoms with E-state index in [1.54, 1.807) is 0 Å². The van der Waals surface area contributed by atoms with E-state index < -0.39 is 39.3 Å². The summed E-state index contributed by atoms with van der Waals surface area (Å²) in [6.45, 7) is 2.45. The van der Waals surface area contributed by atoms with Crippen molar-refractivity contribution in [2.75, 3.05) is 19.3 Å². The van der Waals surface area contributed by atoms with Crippen LogP contribution in [0.1, 0.15) is 13.8 Å². The van der Waals surface area contributed by atoms with Crippen LogP contribution in [0.2, 0.25) is 0 Å². The van der Waals surface area contributed by atoms with E-state index in [2.05, 4.69) is 0 Å². The highest BCUT2D eigenvalue weighted by molar-refractivity contribution is 7.92. The zero-order valence-corrected chi connectivity index (χ0v) is 9.74. The molecule has 88 valence electrons. The molecule has 0 heterocycles. The standard InChI is InChI=1S/C8H15NO5S/c1-6(2)15(13,14)5-7(10)9(3)4-8(11)12/h6H,4-5H2,1-3H3,(H,11,12). The van der Waals surface area contributed by atoms with Gasteiger partial charge in [0.2, 0.25) is 5.91 Å². The maximum absolute atomic E-state index is 11.3. The highest BCUT2D eigenvalue weighted by Gasteiger charge is 2.23. The van der Waals surface area contributed by atoms with Crippen LogP contribution in [0.3, 0.4) is 0 Å². The van der Waals surface area contributed by atoms with E-state index in [-0.39, 0.29) is 0 Å². The molecule has 0 aromatic heterocycles. The summed E-state index contributed by atoms with van der Waals surface area (Å²) in [6.07, 6.45) is 0. The highest BCUT2D eigenvalue weighted by atomic mass is 32.2. The van der Waals surface area contributed by atoms with Crippen LogP contribution in [0.4, 0.5) is 0 Å². The predicted octanol–water partition coefficient (Wildman–Crippen LogP) is -0.647. The molecular weight excluding hydrogens is 222 g/mol. The second kappa shape index (κ2) is 5.11. The molecule has 0 aromatic carbocycles. The van der Waals surface area contributed by atoms with Gasteiger partial charge in [0.25, 0.3) is 0 Å². The van der Waals surface area contributed by atoms with Crippen molar-refractivity contribution >= 4 is 21.7 Å². The Balaban J connectivity index is 4.44. The molecule has 0 unspecified atom stereocenters. The normalized spacial score (nSPS) is 11.5. The minimum Gasteiger partial charge on any atom is -0.480 e. The van der Waals surface area contributed by atoms with Crippen molar-refractivity contribution in [2.45, 2.75) is 19.1 Å². The van der Waals surface area contributed by atoms with Crippen LogP contribution in [0.15, 0.2) is 0 Å². The Labute approximate surface area is 88.8 Å². The van der Waals surface area contributed by atoms with Gasteiger partial charge in [0.05, 0.1) is 5.25 Å². The molecule has 0 radical (unpaired) electrons. The van der Waals surface area contributed by atoms with Gasteiger partial charge >= 0.3 is 5.97 Å². The molecular formula is C8H15NO5S. The Kier molecular flexibility index (Phi) is 4.73. The van der Waals surface area contributed by atoms with E-state index in [1.807, 2.05) is 0 Å². The Hall–Kier alpha value is -1.11. The zero-order valence-electron chi connectivity index (χ0n) is 8.93. The maximum atomic E-state index is 11.3. The molecule has 0 rings (SSSR count). The summed E-state index contributed by atoms with van der Waals surface area (Å²) in [5, 5.41) is 7.76. The first-order chi connectivity index (χ1) is 6.66. The summed E-state index contributed by atoms with van der Waals surface area (Å²) in [4.78, 5) is 22.4. The third kappa shape index (κ3) is 4.78. The Bertz CT molecular complexity index is 346. The summed E-state index contributed by atoms with van der Waals surface area (Å²) in [7, 11) is -2.21. The van der Waals surface area contributed by atoms with Gasteiger partial charge in [-0.1, -0.05) is 0 Å². The van der Waals surface area contributed by atoms with Gasteiger partial charge in [-0.3, -0.25) is 9.59 Å². The van der Waals surface area contributed by atoms with E-state index in [9.17, 15) is 18.0 Å². The number of amides is 1. The average molecular weight is 237 g/mol. The summed E-state index contributed by atoms with van der Waals surface area (Å²) in [5.41, 5.74) is 0. The number of hydrogen-bond acceptors (Lipinski definition) is 4. The van der Waals surface area contributed by atoms with Gasteiger partial charge in [-0.25, -0.2) is 8.42 Å². The molecule has 0 fully saturated rings. The number of nitrogens with zero attached hydrogens (tertiary/aromatic N) is 1. The second-order valence-corrected chi connectivity index (χ2v) is 6.06. The molecule has 0 aliphatic heterocycles. The maximum Gasteiger partial charge on any atom is 0.323 e. The number of likely N-dealkylation sites (N-methyl/N-ethyl adjacent to an activating group) is 1. The van der Waals surface area contributed by atoms with Gasteiger partial charge in [0, 0.05) is 7.05 Å². The SMILES string of the molecule is CC(C)S(=O)(=O)CC(=O)N(C)CC(=O)O. The summed E-state index contributed by atoms with van der Waals surface area (Å²) < 4.78 is 22.7. The van der Waals surface area contributed by atoms with Gasteiger partial charge < -0.3 is 10.0 Å². The van der Waals surface area contributed by atoms with Crippen molar-refractivity contribution in [3.8, 4) is 0 Å². The molecule has 0 bridgehead atoms. The molecule has 0 saturated heterocycles. The lowest BCUT2D eigenvalue weighted by Crippen LogP contribution is -2.37. The lowest BCUT2D eigenvalue weighted by Gasteiger charge is -2.15. The van der Waals surface area contributed by atoms with E-state index in [0.717, 1.165) is 4.90 Å². The Morgan fingerprint density at radius 3 is 2.13 bits per heavy atom. The first-order valence-electron chi connectivity index (χ1n) is 4.34. The van der Waals surface area contributed by atoms with Crippen molar-refractivity contribution < 1.29 is 23.1 Å². The minimum absolute atomic E-state index is 0.494. The quantitative estimate of drug-likeness (QED) is 0.686. The van der Waals surface area contributed by atoms with Crippen molar-refractivity contribution in [3.63, 3.8) is 0 Å². The number of rotatable bonds is 5. The van der Waals surface area contributed by atoms with Gasteiger partial charge in [-0.2, -0.15) is 0 Å². The van der Waals surface area contributed by atoms with Crippen LogP contribution in [0.5, 0.6) is 0 Å². The first-order valence-corrected chi connectivity index (χ1v) is 6.05. The van der Waals surface area contributed by atoms with Crippen molar-refractivity contribution in [1.29, 1.82) is 0 Å². The molecule has 0 aromatic rings. The van der Waals surface area contributed by atoms with Crippen LogP contribution in [0.25, 0.3) is 0 Å². The molecule has 7 heteroatoms. The van der Waals surface area contributed by atoms with Gasteiger partial charge in [-0.05, 0) is 13.8 Å². The van der Waals surface area contributed by atoms with Crippen LogP contribution in [-0.4, -0.2) is 54.9 Å². The van der Waals surface area contributed by atoms with E-state index in [1.165, 1.54) is 20.9 Å². The Morgan fingerprint density at radius 1 is 1.33 bits per heavy atom. The summed E-state index contributed by atoms with van der Waals surface area (Å²) in [5.74, 6) is -2.52. The lowest BCUT2D eigenvalue weighted by atomic mass is 10.5. The molecule has 0 aliphatic rings. The molecule has 0 spiro atoms. The first kappa shape index (κ1) is 13.9. The molecule has 0 aliphatic carbocycles. The summed E-state index contributed by atoms with van der Waals surface area (Å²) in [6, 6.07) is 0. The third-order valence-corrected chi connectivity index (χ3v) is 3.93. The van der Waals surface area contributed by atoms with Crippen LogP contribution in [0, 0.1) is 0 Å². The number of carbonyl (C=O) groups excluding carboxylic acids is 1. The van der Waals surface area contributed by atoms with Gasteiger partial charge in [0.1, 0.15) is 12.3 Å². The average Bonchev–Trinajstić information content (AvgIpc) is 2.01. The van der Waals surface area contributed by atoms with Crippen LogP contribution >= 0.6 is 0 Å². The highest BCUT2D eigenvalue weighted by Crippen LogP contribution is 2.02. The molecule has 15 heavy (non-hydrogen) atoms. The molecule has 1 amide bonds. The van der Waals surface area contributed by atoms with Crippen molar-refractivity contribution in [1.82, 2.24) is 4.90 Å². The smallest absolute Gasteiger partial charge is 0.323 e. The summed E-state index contributed by atoms with van der Waals surface area (Å²) >= 11 is 0. The number of carbonyl (C=O) groups is 2. The largest absolute Gasteiger partial charge is 0.480 e. The number of sulfone groups is 1. The zero-order chi connectivity index (χ0) is 12.2. The van der Waals surface area contributed by atoms with Crippen molar-refractivity contribution in [2.24, 2.45) is 0 Å². The van der Waals surface area contributed by atoms with E-state index >= 15 is 0 Å². The van der Waals surface area contributed by atoms with Crippen LogP contribution in [-0.2, 0) is 19.4 Å². The van der Waals surface area contributed by atoms with E-state index in [4.69, 9.17) is 5.11 Å². The number of hydrogen-bond donors (Lipinski definition) is 1. The molecule has 0 atom stereocenters. The lowest BCUT2D eigenvalue weighted by molar-refractivity contribution is -0.142. The Morgan fingerprint density at radius 2 is 1.80 bits per heavy atom. The fraction of sp³-hybridized carbons (Fsp3) is 0.750. The number of aliphatic carboxylic acids is 1. The van der Waals surface area contributed by atoms with E-state index in [0.29, 0.717) is 0 Å². The topological polar surface area (TPSA) is 91.8 Å². The predicted molar refractivity (Wildman–Crippen MR) is 54.2 cm³/mol. The number of carboxylic acids is 1. The molecule has 6 nitrogen and oxygen atoms in total. The molecule has 0 saturated carbocycles. The third-order valence-electron chi connectivity index (χ3n) is 1.84. The van der Waals surface area contributed by atoms with Crippen molar-refractivity contribution in [3.05, 3.63) is 0 Å². The fourth-order valence-electron chi connectivity index (χ4n) is 0.740. The second-order valence-electron chi connectivity index (χ2n) is 3.50. The minimum atomic E-state index is -3.46. The van der Waals surface area contributed by atoms with Gasteiger partial charge in [-0.15, -0.1) is 0 Å². The fourth-order valence-corrected chi connectivity index (χ4v) is 1.64. The monoisotopic (exact) mass is 237 g/mol.